The third-order valence-electron chi connectivity index (χ3n) is 1.50. The van der Waals surface area contributed by atoms with E-state index in [1.807, 2.05) is 0 Å². The van der Waals surface area contributed by atoms with Gasteiger partial charge in [-0.15, -0.1) is 0 Å². The molecule has 1 radical (unpaired) electrons. The van der Waals surface area contributed by atoms with Crippen molar-refractivity contribution in [1.82, 2.24) is 0 Å². The summed E-state index contributed by atoms with van der Waals surface area (Å²) >= 11 is 0. The molecule has 0 saturated heterocycles. The average Bonchev–Trinajstić information content (AvgIpc) is 2.04. The summed E-state index contributed by atoms with van der Waals surface area (Å²) in [6.07, 6.45) is -1.52. The molecule has 4 nitrogen and oxygen atoms in total. The molecule has 0 spiro atoms. The lowest BCUT2D eigenvalue weighted by Crippen LogP contribution is -2.27. The molecule has 1 N–H and O–H groups in total. The summed E-state index contributed by atoms with van der Waals surface area (Å²) in [5, 5.41) is 9.16. The molecule has 0 bridgehead atoms. The first-order chi connectivity index (χ1) is 5.99. The molecule has 4 heteroatoms. The van der Waals surface area contributed by atoms with E-state index in [4.69, 9.17) is 5.11 Å². The molecule has 1 atom stereocenters. The molecule has 0 aliphatic rings. The molecule has 0 rings (SSSR count). The summed E-state index contributed by atoms with van der Waals surface area (Å²) < 4.78 is 4.53. The highest BCUT2D eigenvalue weighted by molar-refractivity contribution is 5.94. The van der Waals surface area contributed by atoms with E-state index in [1.165, 1.54) is 0 Å². The predicted octanol–water partition coefficient (Wildman–Crippen LogP) is 0.484. The highest BCUT2D eigenvalue weighted by atomic mass is 16.5. The van der Waals surface area contributed by atoms with E-state index in [0.717, 1.165) is 0 Å². The zero-order valence-corrected chi connectivity index (χ0v) is 8.16. The van der Waals surface area contributed by atoms with Crippen molar-refractivity contribution in [2.24, 2.45) is 0 Å². The van der Waals surface area contributed by atoms with Gasteiger partial charge >= 0.3 is 5.97 Å². The van der Waals surface area contributed by atoms with Gasteiger partial charge in [-0.3, -0.25) is 4.79 Å². The monoisotopic (exact) mass is 187 g/mol. The first-order valence-corrected chi connectivity index (χ1v) is 4.17. The molecule has 0 amide bonds. The van der Waals surface area contributed by atoms with Crippen LogP contribution < -0.4 is 0 Å². The molecule has 0 fully saturated rings. The number of hydrogen-bond donors (Lipinski definition) is 1. The molecule has 75 valence electrons. The minimum absolute atomic E-state index is 0.193. The number of carbonyl (C=O) groups excluding carboxylic acids is 2. The normalized spacial score (nSPS) is 12.7. The van der Waals surface area contributed by atoms with Gasteiger partial charge in [-0.05, 0) is 6.92 Å². The molecule has 0 aromatic heterocycles. The molecule has 1 unspecified atom stereocenters. The van der Waals surface area contributed by atoms with Crippen LogP contribution in [0.3, 0.4) is 0 Å². The summed E-state index contributed by atoms with van der Waals surface area (Å²) in [4.78, 5) is 21.9. The SMILES string of the molecule is CCOC(=O)C(O)CC(=O)[C](C)C. The summed E-state index contributed by atoms with van der Waals surface area (Å²) in [5.41, 5.74) is 0. The number of ketones is 1. The van der Waals surface area contributed by atoms with Crippen LogP contribution in [0, 0.1) is 5.92 Å². The second-order valence-corrected chi connectivity index (χ2v) is 2.90. The van der Waals surface area contributed by atoms with Gasteiger partial charge in [0.15, 0.2) is 6.10 Å². The van der Waals surface area contributed by atoms with Gasteiger partial charge in [0, 0.05) is 12.3 Å². The van der Waals surface area contributed by atoms with E-state index in [-0.39, 0.29) is 18.8 Å². The van der Waals surface area contributed by atoms with Gasteiger partial charge in [0.25, 0.3) is 0 Å². The Hall–Kier alpha value is -0.900. The maximum Gasteiger partial charge on any atom is 0.335 e. The lowest BCUT2D eigenvalue weighted by atomic mass is 10.0. The highest BCUT2D eigenvalue weighted by Gasteiger charge is 2.21. The van der Waals surface area contributed by atoms with E-state index in [0.29, 0.717) is 5.92 Å². The number of esters is 1. The maximum atomic E-state index is 11.1. The third kappa shape index (κ3) is 4.62. The summed E-state index contributed by atoms with van der Waals surface area (Å²) in [7, 11) is 0. The summed E-state index contributed by atoms with van der Waals surface area (Å²) in [6, 6.07) is 0. The van der Waals surface area contributed by atoms with Gasteiger partial charge in [0.05, 0.1) is 6.61 Å². The van der Waals surface area contributed by atoms with Crippen molar-refractivity contribution >= 4 is 11.8 Å². The van der Waals surface area contributed by atoms with Crippen LogP contribution in [-0.2, 0) is 14.3 Å². The standard InChI is InChI=1S/C9H15O4/c1-4-13-9(12)8(11)5-7(10)6(2)3/h8,11H,4-5H2,1-3H3. The van der Waals surface area contributed by atoms with E-state index in [9.17, 15) is 9.59 Å². The van der Waals surface area contributed by atoms with Crippen molar-refractivity contribution in [2.75, 3.05) is 6.61 Å². The van der Waals surface area contributed by atoms with Gasteiger partial charge in [0.1, 0.15) is 5.78 Å². The van der Waals surface area contributed by atoms with Crippen molar-refractivity contribution < 1.29 is 19.4 Å². The second kappa shape index (κ2) is 5.70. The quantitative estimate of drug-likeness (QED) is 0.636. The average molecular weight is 187 g/mol. The van der Waals surface area contributed by atoms with Crippen LogP contribution in [0.4, 0.5) is 0 Å². The Balaban J connectivity index is 3.92. The lowest BCUT2D eigenvalue weighted by Gasteiger charge is -2.09. The Kier molecular flexibility index (Phi) is 5.30. The fraction of sp³-hybridized carbons (Fsp3) is 0.667. The van der Waals surface area contributed by atoms with Crippen molar-refractivity contribution in [3.05, 3.63) is 5.92 Å². The van der Waals surface area contributed by atoms with Crippen LogP contribution in [0.1, 0.15) is 27.2 Å². The van der Waals surface area contributed by atoms with E-state index >= 15 is 0 Å². The molecule has 13 heavy (non-hydrogen) atoms. The van der Waals surface area contributed by atoms with Crippen LogP contribution in [0.15, 0.2) is 0 Å². The van der Waals surface area contributed by atoms with E-state index in [1.54, 1.807) is 20.8 Å². The fourth-order valence-electron chi connectivity index (χ4n) is 0.702. The van der Waals surface area contributed by atoms with Gasteiger partial charge in [-0.2, -0.15) is 0 Å². The predicted molar refractivity (Wildman–Crippen MR) is 46.9 cm³/mol. The molecule has 0 saturated carbocycles. The number of Topliss-reactive ketones (excluding diaryl/α,β-unsaturated/α-hetero) is 1. The maximum absolute atomic E-state index is 11.1. The van der Waals surface area contributed by atoms with Crippen molar-refractivity contribution in [1.29, 1.82) is 0 Å². The Morgan fingerprint density at radius 2 is 1.92 bits per heavy atom. The molecule has 0 aliphatic carbocycles. The Morgan fingerprint density at radius 1 is 1.38 bits per heavy atom. The van der Waals surface area contributed by atoms with Crippen LogP contribution in [0.2, 0.25) is 0 Å². The number of rotatable bonds is 5. The lowest BCUT2D eigenvalue weighted by molar-refractivity contribution is -0.154. The number of carbonyl (C=O) groups is 2. The smallest absolute Gasteiger partial charge is 0.335 e. The van der Waals surface area contributed by atoms with Crippen LogP contribution in [-0.4, -0.2) is 29.6 Å². The largest absolute Gasteiger partial charge is 0.464 e. The van der Waals surface area contributed by atoms with Crippen molar-refractivity contribution in [2.45, 2.75) is 33.3 Å². The van der Waals surface area contributed by atoms with Crippen LogP contribution in [0.25, 0.3) is 0 Å². The number of ether oxygens (including phenoxy) is 1. The number of aliphatic hydroxyl groups excluding tert-OH is 1. The van der Waals surface area contributed by atoms with E-state index in [2.05, 4.69) is 4.74 Å². The fourth-order valence-corrected chi connectivity index (χ4v) is 0.702. The topological polar surface area (TPSA) is 63.6 Å². The third-order valence-corrected chi connectivity index (χ3v) is 1.50. The second-order valence-electron chi connectivity index (χ2n) is 2.90. The first kappa shape index (κ1) is 12.1. The van der Waals surface area contributed by atoms with E-state index < -0.39 is 12.1 Å². The molecule has 0 aromatic carbocycles. The number of aliphatic hydroxyl groups is 1. The van der Waals surface area contributed by atoms with Crippen LogP contribution >= 0.6 is 0 Å². The van der Waals surface area contributed by atoms with Crippen molar-refractivity contribution in [3.8, 4) is 0 Å². The molecular weight excluding hydrogens is 172 g/mol. The zero-order valence-electron chi connectivity index (χ0n) is 8.16. The number of hydrogen-bond acceptors (Lipinski definition) is 4. The zero-order chi connectivity index (χ0) is 10.4. The summed E-state index contributed by atoms with van der Waals surface area (Å²) in [5.74, 6) is -0.388. The van der Waals surface area contributed by atoms with Gasteiger partial charge in [-0.25, -0.2) is 4.79 Å². The van der Waals surface area contributed by atoms with Crippen LogP contribution in [0.5, 0.6) is 0 Å². The molecular formula is C9H15O4. The Labute approximate surface area is 77.9 Å². The minimum Gasteiger partial charge on any atom is -0.464 e. The van der Waals surface area contributed by atoms with Gasteiger partial charge in [0.2, 0.25) is 0 Å². The Morgan fingerprint density at radius 3 is 2.31 bits per heavy atom. The molecule has 0 heterocycles. The molecule has 0 aromatic rings. The first-order valence-electron chi connectivity index (χ1n) is 4.17. The van der Waals surface area contributed by atoms with Crippen molar-refractivity contribution in [3.63, 3.8) is 0 Å². The Bertz CT molecular complexity index is 186. The van der Waals surface area contributed by atoms with Gasteiger partial charge < -0.3 is 9.84 Å². The molecule has 0 aliphatic heterocycles. The van der Waals surface area contributed by atoms with Gasteiger partial charge in [-0.1, -0.05) is 13.8 Å². The minimum atomic E-state index is -1.33. The highest BCUT2D eigenvalue weighted by Crippen LogP contribution is 2.05. The summed E-state index contributed by atoms with van der Waals surface area (Å²) in [6.45, 7) is 5.13.